The summed E-state index contributed by atoms with van der Waals surface area (Å²) in [7, 11) is -4.13. The number of benzene rings is 1. The molecule has 1 aromatic carbocycles. The van der Waals surface area contributed by atoms with Gasteiger partial charge in [0, 0.05) is 0 Å². The molecule has 0 aromatic heterocycles. The van der Waals surface area contributed by atoms with Crippen LogP contribution in [0, 0.1) is 5.92 Å². The van der Waals surface area contributed by atoms with Gasteiger partial charge in [-0.1, -0.05) is 32.4 Å². The monoisotopic (exact) mass is 353 g/mol. The normalized spacial score (nSPS) is 15.2. The fourth-order valence-electron chi connectivity index (χ4n) is 1.90. The lowest BCUT2D eigenvalue weighted by Gasteiger charge is -2.20. The topological polar surface area (TPSA) is 83.5 Å². The maximum atomic E-state index is 12.3. The van der Waals surface area contributed by atoms with E-state index in [9.17, 15) is 26.4 Å². The first-order chi connectivity index (χ1) is 10.5. The highest BCUT2D eigenvalue weighted by Crippen LogP contribution is 2.22. The molecule has 9 heteroatoms. The molecule has 0 spiro atoms. The van der Waals surface area contributed by atoms with Gasteiger partial charge in [-0.2, -0.15) is 17.9 Å². The number of rotatable bonds is 7. The van der Waals surface area contributed by atoms with Crippen molar-refractivity contribution in [3.63, 3.8) is 0 Å². The molecule has 0 fully saturated rings. The number of carbonyl (C=O) groups is 1. The summed E-state index contributed by atoms with van der Waals surface area (Å²) in [6.45, 7) is 3.31. The zero-order valence-electron chi connectivity index (χ0n) is 12.6. The molecule has 0 saturated heterocycles. The van der Waals surface area contributed by atoms with Crippen molar-refractivity contribution in [2.24, 2.45) is 5.92 Å². The Labute approximate surface area is 132 Å². The van der Waals surface area contributed by atoms with Crippen molar-refractivity contribution in [1.29, 1.82) is 0 Å². The molecule has 0 aliphatic heterocycles. The van der Waals surface area contributed by atoms with Crippen LogP contribution < -0.4 is 4.72 Å². The Bertz CT molecular complexity index is 641. The van der Waals surface area contributed by atoms with Crippen LogP contribution in [0.1, 0.15) is 25.8 Å². The molecule has 2 N–H and O–H groups in total. The lowest BCUT2D eigenvalue weighted by Crippen LogP contribution is -2.44. The van der Waals surface area contributed by atoms with Gasteiger partial charge in [0.1, 0.15) is 6.04 Å². The van der Waals surface area contributed by atoms with Crippen molar-refractivity contribution in [1.82, 2.24) is 4.72 Å². The second kappa shape index (κ2) is 7.31. The Balaban J connectivity index is 2.97. The van der Waals surface area contributed by atoms with Crippen LogP contribution in [0.15, 0.2) is 29.2 Å². The third-order valence-electron chi connectivity index (χ3n) is 3.40. The Morgan fingerprint density at radius 1 is 1.26 bits per heavy atom. The summed E-state index contributed by atoms with van der Waals surface area (Å²) in [6, 6.07) is 2.86. The summed E-state index contributed by atoms with van der Waals surface area (Å²) in [4.78, 5) is 10.9. The Kier molecular flexibility index (Phi) is 6.18. The van der Waals surface area contributed by atoms with E-state index in [2.05, 4.69) is 4.72 Å². The number of sulfonamides is 1. The second-order valence-corrected chi connectivity index (χ2v) is 6.97. The Hall–Kier alpha value is -1.61. The molecule has 130 valence electrons. The number of hydrogen-bond acceptors (Lipinski definition) is 3. The first kappa shape index (κ1) is 19.4. The van der Waals surface area contributed by atoms with Gasteiger partial charge in [0.25, 0.3) is 0 Å². The third kappa shape index (κ3) is 5.83. The maximum Gasteiger partial charge on any atom is 0.393 e. The number of aliphatic carboxylic acids is 1. The van der Waals surface area contributed by atoms with Crippen LogP contribution in [0.3, 0.4) is 0 Å². The summed E-state index contributed by atoms with van der Waals surface area (Å²) >= 11 is 0. The number of nitrogens with one attached hydrogen (secondary N) is 1. The van der Waals surface area contributed by atoms with Crippen LogP contribution in [0.4, 0.5) is 13.2 Å². The van der Waals surface area contributed by atoms with Gasteiger partial charge in [0.15, 0.2) is 0 Å². The van der Waals surface area contributed by atoms with Gasteiger partial charge in [-0.3, -0.25) is 4.79 Å². The van der Waals surface area contributed by atoms with E-state index >= 15 is 0 Å². The molecule has 0 amide bonds. The molecular weight excluding hydrogens is 335 g/mol. The Morgan fingerprint density at radius 2 is 1.78 bits per heavy atom. The quantitative estimate of drug-likeness (QED) is 0.789. The predicted octanol–water partition coefficient (Wildman–Crippen LogP) is 2.57. The first-order valence-corrected chi connectivity index (χ1v) is 8.35. The summed E-state index contributed by atoms with van der Waals surface area (Å²) in [6.07, 6.45) is -5.10. The third-order valence-corrected chi connectivity index (χ3v) is 4.86. The zero-order chi connectivity index (χ0) is 17.8. The molecule has 1 rings (SSSR count). The van der Waals surface area contributed by atoms with Crippen LogP contribution in [0.5, 0.6) is 0 Å². The van der Waals surface area contributed by atoms with E-state index in [1.54, 1.807) is 13.8 Å². The minimum absolute atomic E-state index is 0.0758. The smallest absolute Gasteiger partial charge is 0.393 e. The number of halogens is 3. The lowest BCUT2D eigenvalue weighted by molar-refractivity contribution is -0.140. The SMILES string of the molecule is CC[C@H](C)[C@H](NS(=O)(=O)c1ccc(CC(F)(F)F)cc1)C(=O)O. The number of alkyl halides is 3. The van der Waals surface area contributed by atoms with Gasteiger partial charge in [0.05, 0.1) is 11.3 Å². The largest absolute Gasteiger partial charge is 0.480 e. The standard InChI is InChI=1S/C14H18F3NO4S/c1-3-9(2)12(13(19)20)18-23(21,22)11-6-4-10(5-7-11)8-14(15,16)17/h4-7,9,12,18H,3,8H2,1-2H3,(H,19,20)/t9-,12-/m0/s1. The highest BCUT2D eigenvalue weighted by Gasteiger charge is 2.30. The van der Waals surface area contributed by atoms with Gasteiger partial charge in [-0.05, 0) is 23.6 Å². The zero-order valence-corrected chi connectivity index (χ0v) is 13.4. The van der Waals surface area contributed by atoms with Crippen LogP contribution in [0.2, 0.25) is 0 Å². The van der Waals surface area contributed by atoms with E-state index in [1.807, 2.05) is 0 Å². The van der Waals surface area contributed by atoms with E-state index in [0.717, 1.165) is 24.3 Å². The maximum absolute atomic E-state index is 12.3. The molecule has 23 heavy (non-hydrogen) atoms. The Morgan fingerprint density at radius 3 is 2.17 bits per heavy atom. The molecule has 1 aromatic rings. The second-order valence-electron chi connectivity index (χ2n) is 5.26. The molecule has 5 nitrogen and oxygen atoms in total. The molecule has 0 radical (unpaired) electrons. The molecule has 0 aliphatic carbocycles. The predicted molar refractivity (Wildman–Crippen MR) is 77.4 cm³/mol. The van der Waals surface area contributed by atoms with Crippen molar-refractivity contribution >= 4 is 16.0 Å². The van der Waals surface area contributed by atoms with Gasteiger partial charge in [0.2, 0.25) is 10.0 Å². The number of hydrogen-bond donors (Lipinski definition) is 2. The summed E-state index contributed by atoms with van der Waals surface area (Å²) < 4.78 is 63.2. The molecule has 0 aliphatic rings. The average molecular weight is 353 g/mol. The van der Waals surface area contributed by atoms with E-state index in [4.69, 9.17) is 5.11 Å². The van der Waals surface area contributed by atoms with E-state index in [0.29, 0.717) is 6.42 Å². The minimum Gasteiger partial charge on any atom is -0.480 e. The van der Waals surface area contributed by atoms with Crippen molar-refractivity contribution in [3.8, 4) is 0 Å². The van der Waals surface area contributed by atoms with Gasteiger partial charge in [-0.25, -0.2) is 8.42 Å². The van der Waals surface area contributed by atoms with Crippen LogP contribution in [0.25, 0.3) is 0 Å². The molecular formula is C14H18F3NO4S. The van der Waals surface area contributed by atoms with E-state index in [1.165, 1.54) is 0 Å². The first-order valence-electron chi connectivity index (χ1n) is 6.87. The molecule has 0 heterocycles. The van der Waals surface area contributed by atoms with Crippen molar-refractivity contribution < 1.29 is 31.5 Å². The number of carboxylic acid groups (broad SMARTS) is 1. The highest BCUT2D eigenvalue weighted by atomic mass is 32.2. The fourth-order valence-corrected chi connectivity index (χ4v) is 3.20. The summed E-state index contributed by atoms with van der Waals surface area (Å²) in [5.41, 5.74) is -0.0758. The van der Waals surface area contributed by atoms with Gasteiger partial charge < -0.3 is 5.11 Å². The van der Waals surface area contributed by atoms with E-state index in [-0.39, 0.29) is 10.5 Å². The average Bonchev–Trinajstić information content (AvgIpc) is 2.42. The van der Waals surface area contributed by atoms with E-state index < -0.39 is 40.5 Å². The molecule has 0 unspecified atom stereocenters. The van der Waals surface area contributed by atoms with Crippen LogP contribution in [-0.2, 0) is 21.2 Å². The lowest BCUT2D eigenvalue weighted by atomic mass is 10.0. The van der Waals surface area contributed by atoms with Gasteiger partial charge in [-0.15, -0.1) is 0 Å². The van der Waals surface area contributed by atoms with Crippen molar-refractivity contribution in [2.45, 2.75) is 43.8 Å². The van der Waals surface area contributed by atoms with Gasteiger partial charge >= 0.3 is 12.1 Å². The number of carboxylic acids is 1. The molecule has 0 saturated carbocycles. The van der Waals surface area contributed by atoms with Crippen molar-refractivity contribution in [2.75, 3.05) is 0 Å². The highest BCUT2D eigenvalue weighted by molar-refractivity contribution is 7.89. The minimum atomic E-state index is -4.39. The van der Waals surface area contributed by atoms with Crippen molar-refractivity contribution in [3.05, 3.63) is 29.8 Å². The van der Waals surface area contributed by atoms with Crippen LogP contribution >= 0.6 is 0 Å². The summed E-state index contributed by atoms with van der Waals surface area (Å²) in [5, 5.41) is 9.10. The molecule has 2 atom stereocenters. The van der Waals surface area contributed by atoms with Crippen LogP contribution in [-0.4, -0.2) is 31.7 Å². The fraction of sp³-hybridized carbons (Fsp3) is 0.500. The molecule has 0 bridgehead atoms. The summed E-state index contributed by atoms with van der Waals surface area (Å²) in [5.74, 6) is -1.75.